The van der Waals surface area contributed by atoms with Crippen molar-refractivity contribution in [3.05, 3.63) is 60.0 Å². The lowest BCUT2D eigenvalue weighted by Gasteiger charge is -2.30. The summed E-state index contributed by atoms with van der Waals surface area (Å²) in [4.78, 5) is 18.0. The molecule has 3 heterocycles. The SMILES string of the molecule is Cc1ccc(OC(=O)N2CCC(n3cc(-c4ccccc4C(F)(F)F)nn3)CC2)cn1. The van der Waals surface area contributed by atoms with Crippen molar-refractivity contribution >= 4 is 6.09 Å². The minimum atomic E-state index is -4.47. The standard InChI is InChI=1S/C21H20F3N5O2/c1-14-6-7-16(12-25-14)31-20(30)28-10-8-15(9-11-28)29-13-19(26-27-29)17-4-2-3-5-18(17)21(22,23)24/h2-7,12-13,15H,8-11H2,1H3. The number of alkyl halides is 3. The van der Waals surface area contributed by atoms with Crippen LogP contribution in [0.2, 0.25) is 0 Å². The van der Waals surface area contributed by atoms with Crippen LogP contribution in [0.4, 0.5) is 18.0 Å². The van der Waals surface area contributed by atoms with Gasteiger partial charge in [0.15, 0.2) is 5.75 Å². The van der Waals surface area contributed by atoms with E-state index < -0.39 is 17.8 Å². The molecule has 1 amide bonds. The molecule has 0 N–H and O–H groups in total. The summed E-state index contributed by atoms with van der Waals surface area (Å²) in [5.41, 5.74) is 0.242. The summed E-state index contributed by atoms with van der Waals surface area (Å²) >= 11 is 0. The molecular formula is C21H20F3N5O2. The molecule has 0 saturated carbocycles. The summed E-state index contributed by atoms with van der Waals surface area (Å²) in [6.07, 6.45) is -0.728. The van der Waals surface area contributed by atoms with Gasteiger partial charge in [0.05, 0.1) is 24.0 Å². The maximum absolute atomic E-state index is 13.3. The second kappa shape index (κ2) is 8.37. The van der Waals surface area contributed by atoms with E-state index in [4.69, 9.17) is 4.74 Å². The van der Waals surface area contributed by atoms with E-state index in [2.05, 4.69) is 15.3 Å². The molecule has 31 heavy (non-hydrogen) atoms. The number of nitrogens with zero attached hydrogens (tertiary/aromatic N) is 5. The predicted octanol–water partition coefficient (Wildman–Crippen LogP) is 4.50. The van der Waals surface area contributed by atoms with Gasteiger partial charge in [-0.25, -0.2) is 9.48 Å². The molecule has 0 unspecified atom stereocenters. The Bertz CT molecular complexity index is 1060. The van der Waals surface area contributed by atoms with Crippen molar-refractivity contribution in [3.63, 3.8) is 0 Å². The van der Waals surface area contributed by atoms with Crippen LogP contribution in [0.5, 0.6) is 5.75 Å². The minimum absolute atomic E-state index is 0.00558. The van der Waals surface area contributed by atoms with Crippen LogP contribution in [0.1, 0.15) is 30.1 Å². The van der Waals surface area contributed by atoms with Gasteiger partial charge in [0.25, 0.3) is 0 Å². The number of aromatic nitrogens is 4. The van der Waals surface area contributed by atoms with Gasteiger partial charge in [0, 0.05) is 24.3 Å². The molecule has 1 fully saturated rings. The van der Waals surface area contributed by atoms with Gasteiger partial charge in [-0.15, -0.1) is 5.10 Å². The van der Waals surface area contributed by atoms with Crippen LogP contribution in [-0.4, -0.2) is 44.1 Å². The van der Waals surface area contributed by atoms with E-state index >= 15 is 0 Å². The van der Waals surface area contributed by atoms with E-state index in [0.29, 0.717) is 31.7 Å². The number of ether oxygens (including phenoxy) is 1. The molecular weight excluding hydrogens is 411 g/mol. The molecule has 3 aromatic rings. The number of carbonyl (C=O) groups is 1. The molecule has 10 heteroatoms. The van der Waals surface area contributed by atoms with Crippen LogP contribution >= 0.6 is 0 Å². The average Bonchev–Trinajstić information content (AvgIpc) is 3.25. The van der Waals surface area contributed by atoms with Gasteiger partial charge < -0.3 is 9.64 Å². The molecule has 162 valence electrons. The molecule has 7 nitrogen and oxygen atoms in total. The Hall–Kier alpha value is -3.43. The highest BCUT2D eigenvalue weighted by molar-refractivity contribution is 5.70. The Balaban J connectivity index is 1.40. The number of amides is 1. The molecule has 0 atom stereocenters. The third-order valence-electron chi connectivity index (χ3n) is 5.20. The van der Waals surface area contributed by atoms with E-state index in [0.717, 1.165) is 11.8 Å². The number of hydrogen-bond acceptors (Lipinski definition) is 5. The third kappa shape index (κ3) is 4.68. The second-order valence-corrected chi connectivity index (χ2v) is 7.35. The van der Waals surface area contributed by atoms with E-state index in [1.165, 1.54) is 30.6 Å². The lowest BCUT2D eigenvalue weighted by Crippen LogP contribution is -2.40. The Morgan fingerprint density at radius 3 is 2.55 bits per heavy atom. The van der Waals surface area contributed by atoms with E-state index in [-0.39, 0.29) is 17.3 Å². The summed E-state index contributed by atoms with van der Waals surface area (Å²) in [5, 5.41) is 8.00. The zero-order valence-corrected chi connectivity index (χ0v) is 16.7. The third-order valence-corrected chi connectivity index (χ3v) is 5.20. The summed E-state index contributed by atoms with van der Waals surface area (Å²) in [6, 6.07) is 8.67. The van der Waals surface area contributed by atoms with E-state index in [1.807, 2.05) is 6.92 Å². The number of benzene rings is 1. The number of rotatable bonds is 3. The molecule has 0 bridgehead atoms. The molecule has 0 aliphatic carbocycles. The monoisotopic (exact) mass is 431 g/mol. The Morgan fingerprint density at radius 1 is 1.13 bits per heavy atom. The van der Waals surface area contributed by atoms with Gasteiger partial charge >= 0.3 is 12.3 Å². The quantitative estimate of drug-likeness (QED) is 0.610. The zero-order valence-electron chi connectivity index (χ0n) is 16.7. The first kappa shape index (κ1) is 20.8. The molecule has 0 spiro atoms. The van der Waals surface area contributed by atoms with E-state index in [1.54, 1.807) is 21.7 Å². The van der Waals surface area contributed by atoms with Crippen LogP contribution in [0.3, 0.4) is 0 Å². The van der Waals surface area contributed by atoms with Gasteiger partial charge in [-0.3, -0.25) is 4.98 Å². The second-order valence-electron chi connectivity index (χ2n) is 7.35. The predicted molar refractivity (Wildman–Crippen MR) is 105 cm³/mol. The number of hydrogen-bond donors (Lipinski definition) is 0. The van der Waals surface area contributed by atoms with Crippen LogP contribution < -0.4 is 4.74 Å². The summed E-state index contributed by atoms with van der Waals surface area (Å²) < 4.78 is 46.8. The van der Waals surface area contributed by atoms with Gasteiger partial charge in [0.2, 0.25) is 0 Å². The van der Waals surface area contributed by atoms with Crippen LogP contribution in [0, 0.1) is 6.92 Å². The van der Waals surface area contributed by atoms with Gasteiger partial charge in [-0.2, -0.15) is 13.2 Å². The lowest BCUT2D eigenvalue weighted by molar-refractivity contribution is -0.137. The van der Waals surface area contributed by atoms with Gasteiger partial charge in [-0.1, -0.05) is 23.4 Å². The minimum Gasteiger partial charge on any atom is -0.409 e. The summed E-state index contributed by atoms with van der Waals surface area (Å²) in [6.45, 7) is 2.72. The maximum atomic E-state index is 13.3. The summed E-state index contributed by atoms with van der Waals surface area (Å²) in [5.74, 6) is 0.377. The van der Waals surface area contributed by atoms with Crippen molar-refractivity contribution < 1.29 is 22.7 Å². The van der Waals surface area contributed by atoms with Crippen molar-refractivity contribution in [3.8, 4) is 17.0 Å². The molecule has 2 aromatic heterocycles. The van der Waals surface area contributed by atoms with Crippen molar-refractivity contribution in [1.29, 1.82) is 0 Å². The summed E-state index contributed by atoms with van der Waals surface area (Å²) in [7, 11) is 0. The molecule has 1 aromatic carbocycles. The van der Waals surface area contributed by atoms with Gasteiger partial charge in [-0.05, 0) is 38.0 Å². The largest absolute Gasteiger partial charge is 0.417 e. The number of piperidine rings is 1. The highest BCUT2D eigenvalue weighted by Gasteiger charge is 2.34. The molecule has 4 rings (SSSR count). The normalized spacial score (nSPS) is 15.2. The highest BCUT2D eigenvalue weighted by atomic mass is 19.4. The van der Waals surface area contributed by atoms with Crippen LogP contribution in [0.15, 0.2) is 48.8 Å². The number of pyridine rings is 1. The van der Waals surface area contributed by atoms with Gasteiger partial charge in [0.1, 0.15) is 5.69 Å². The Morgan fingerprint density at radius 2 is 1.87 bits per heavy atom. The first-order chi connectivity index (χ1) is 14.8. The molecule has 1 aliphatic rings. The molecule has 1 aliphatic heterocycles. The number of aryl methyl sites for hydroxylation is 1. The maximum Gasteiger partial charge on any atom is 0.417 e. The number of likely N-dealkylation sites (tertiary alicyclic amines) is 1. The Kier molecular flexibility index (Phi) is 5.62. The Labute approximate surface area is 176 Å². The average molecular weight is 431 g/mol. The topological polar surface area (TPSA) is 73.1 Å². The van der Waals surface area contributed by atoms with Crippen LogP contribution in [0.25, 0.3) is 11.3 Å². The fourth-order valence-corrected chi connectivity index (χ4v) is 3.53. The fourth-order valence-electron chi connectivity index (χ4n) is 3.53. The number of carbonyl (C=O) groups excluding carboxylic acids is 1. The first-order valence-corrected chi connectivity index (χ1v) is 9.79. The van der Waals surface area contributed by atoms with Crippen molar-refractivity contribution in [2.24, 2.45) is 0 Å². The lowest BCUT2D eigenvalue weighted by atomic mass is 10.0. The first-order valence-electron chi connectivity index (χ1n) is 9.79. The van der Waals surface area contributed by atoms with Crippen LogP contribution in [-0.2, 0) is 6.18 Å². The van der Waals surface area contributed by atoms with Crippen molar-refractivity contribution in [2.75, 3.05) is 13.1 Å². The molecule has 1 saturated heterocycles. The highest BCUT2D eigenvalue weighted by Crippen LogP contribution is 2.36. The van der Waals surface area contributed by atoms with Crippen molar-refractivity contribution in [2.45, 2.75) is 32.0 Å². The molecule has 0 radical (unpaired) electrons. The fraction of sp³-hybridized carbons (Fsp3) is 0.333. The van der Waals surface area contributed by atoms with E-state index in [9.17, 15) is 18.0 Å². The van der Waals surface area contributed by atoms with Crippen molar-refractivity contribution in [1.82, 2.24) is 24.9 Å². The number of halogens is 3. The smallest absolute Gasteiger partial charge is 0.409 e. The zero-order chi connectivity index (χ0) is 22.0.